The van der Waals surface area contributed by atoms with Gasteiger partial charge in [0.1, 0.15) is 0 Å². The number of unbranched alkanes of at least 4 members (excludes halogenated alkanes) is 1. The van der Waals surface area contributed by atoms with Crippen molar-refractivity contribution >= 4 is 0 Å². The lowest BCUT2D eigenvalue weighted by molar-refractivity contribution is -0.199. The van der Waals surface area contributed by atoms with E-state index < -0.39 is 12.1 Å². The number of allylic oxidation sites excluding steroid dienone is 1. The topological polar surface area (TPSA) is 12.0 Å². The molecule has 0 aliphatic heterocycles. The Labute approximate surface area is 108 Å². The van der Waals surface area contributed by atoms with Crippen LogP contribution in [-0.2, 0) is 0 Å². The van der Waals surface area contributed by atoms with Crippen LogP contribution >= 0.6 is 0 Å². The Balaban J connectivity index is 2.64. The number of hydrogen-bond acceptors (Lipinski definition) is 1. The van der Waals surface area contributed by atoms with Gasteiger partial charge in [0.2, 0.25) is 0 Å². The smallest absolute Gasteiger partial charge is 0.317 e. The molecule has 0 aromatic rings. The zero-order valence-corrected chi connectivity index (χ0v) is 11.1. The zero-order valence-electron chi connectivity index (χ0n) is 11.1. The summed E-state index contributed by atoms with van der Waals surface area (Å²) in [5.41, 5.74) is 0. The molecule has 0 spiro atoms. The summed E-state index contributed by atoms with van der Waals surface area (Å²) in [5, 5.41) is 3.10. The lowest BCUT2D eigenvalue weighted by Crippen LogP contribution is -2.44. The first-order chi connectivity index (χ1) is 8.50. The lowest BCUT2D eigenvalue weighted by Gasteiger charge is -2.38. The molecule has 1 aliphatic rings. The van der Waals surface area contributed by atoms with Gasteiger partial charge in [0.25, 0.3) is 0 Å². The van der Waals surface area contributed by atoms with E-state index in [0.29, 0.717) is 19.3 Å². The van der Waals surface area contributed by atoms with Crippen LogP contribution in [0.15, 0.2) is 12.7 Å². The zero-order chi connectivity index (χ0) is 13.6. The maximum absolute atomic E-state index is 13.0. The number of halogens is 3. The largest absolute Gasteiger partial charge is 0.392 e. The SMILES string of the molecule is C=CCCCC(NC)C1CCCCC1C(F)(F)F. The summed E-state index contributed by atoms with van der Waals surface area (Å²) in [7, 11) is 1.78. The van der Waals surface area contributed by atoms with Crippen LogP contribution in [0.3, 0.4) is 0 Å². The van der Waals surface area contributed by atoms with E-state index in [1.165, 1.54) is 0 Å². The van der Waals surface area contributed by atoms with Crippen molar-refractivity contribution in [2.45, 2.75) is 57.2 Å². The van der Waals surface area contributed by atoms with Gasteiger partial charge >= 0.3 is 6.18 Å². The van der Waals surface area contributed by atoms with E-state index >= 15 is 0 Å². The molecule has 0 bridgehead atoms. The molecule has 4 heteroatoms. The number of alkyl halides is 3. The fourth-order valence-electron chi connectivity index (χ4n) is 3.10. The van der Waals surface area contributed by atoms with Crippen molar-refractivity contribution in [3.05, 3.63) is 12.7 Å². The summed E-state index contributed by atoms with van der Waals surface area (Å²) >= 11 is 0. The Hall–Kier alpha value is -0.510. The molecule has 0 radical (unpaired) electrons. The Morgan fingerprint density at radius 1 is 1.33 bits per heavy atom. The summed E-state index contributed by atoms with van der Waals surface area (Å²) in [6.45, 7) is 3.65. The van der Waals surface area contributed by atoms with E-state index in [4.69, 9.17) is 0 Å². The maximum atomic E-state index is 13.0. The van der Waals surface area contributed by atoms with Gasteiger partial charge in [0, 0.05) is 6.04 Å². The Morgan fingerprint density at radius 3 is 2.56 bits per heavy atom. The van der Waals surface area contributed by atoms with E-state index in [9.17, 15) is 13.2 Å². The average molecular weight is 263 g/mol. The number of rotatable bonds is 6. The third-order valence-electron chi connectivity index (χ3n) is 4.05. The minimum Gasteiger partial charge on any atom is -0.317 e. The monoisotopic (exact) mass is 263 g/mol. The van der Waals surface area contributed by atoms with Crippen LogP contribution in [-0.4, -0.2) is 19.3 Å². The maximum Gasteiger partial charge on any atom is 0.392 e. The van der Waals surface area contributed by atoms with E-state index in [1.807, 2.05) is 6.08 Å². The van der Waals surface area contributed by atoms with Crippen molar-refractivity contribution in [3.63, 3.8) is 0 Å². The van der Waals surface area contributed by atoms with Gasteiger partial charge in [-0.15, -0.1) is 6.58 Å². The summed E-state index contributed by atoms with van der Waals surface area (Å²) in [5.74, 6) is -1.37. The van der Waals surface area contributed by atoms with Crippen LogP contribution in [0.2, 0.25) is 0 Å². The summed E-state index contributed by atoms with van der Waals surface area (Å²) in [4.78, 5) is 0. The van der Waals surface area contributed by atoms with Gasteiger partial charge in [0.05, 0.1) is 5.92 Å². The van der Waals surface area contributed by atoms with Crippen LogP contribution in [0.4, 0.5) is 13.2 Å². The van der Waals surface area contributed by atoms with Crippen molar-refractivity contribution in [1.29, 1.82) is 0 Å². The second-order valence-corrected chi connectivity index (χ2v) is 5.21. The van der Waals surface area contributed by atoms with Gasteiger partial charge in [-0.25, -0.2) is 0 Å². The van der Waals surface area contributed by atoms with E-state index in [2.05, 4.69) is 11.9 Å². The first-order valence-corrected chi connectivity index (χ1v) is 6.85. The normalized spacial score (nSPS) is 26.9. The molecule has 1 nitrogen and oxygen atoms in total. The molecule has 0 heterocycles. The van der Waals surface area contributed by atoms with E-state index in [1.54, 1.807) is 7.05 Å². The van der Waals surface area contributed by atoms with Crippen LogP contribution in [0.5, 0.6) is 0 Å². The molecule has 1 fully saturated rings. The quantitative estimate of drug-likeness (QED) is 0.556. The molecule has 1 rings (SSSR count). The minimum absolute atomic E-state index is 0.0168. The second-order valence-electron chi connectivity index (χ2n) is 5.21. The van der Waals surface area contributed by atoms with Crippen molar-refractivity contribution in [2.75, 3.05) is 7.05 Å². The molecule has 0 amide bonds. The van der Waals surface area contributed by atoms with Crippen LogP contribution in [0.25, 0.3) is 0 Å². The molecule has 3 unspecified atom stereocenters. The molecule has 1 saturated carbocycles. The van der Waals surface area contributed by atoms with Crippen LogP contribution < -0.4 is 5.32 Å². The van der Waals surface area contributed by atoms with Crippen LogP contribution in [0.1, 0.15) is 44.9 Å². The highest BCUT2D eigenvalue weighted by molar-refractivity contribution is 4.88. The van der Waals surface area contributed by atoms with Gasteiger partial charge in [-0.05, 0) is 45.1 Å². The predicted molar refractivity (Wildman–Crippen MR) is 68.4 cm³/mol. The molecule has 1 aliphatic carbocycles. The fourth-order valence-corrected chi connectivity index (χ4v) is 3.10. The highest BCUT2D eigenvalue weighted by Crippen LogP contribution is 2.43. The van der Waals surface area contributed by atoms with Crippen molar-refractivity contribution in [2.24, 2.45) is 11.8 Å². The Kier molecular flexibility index (Phi) is 6.19. The molecule has 106 valence electrons. The van der Waals surface area contributed by atoms with Gasteiger partial charge in [-0.2, -0.15) is 13.2 Å². The number of nitrogens with one attached hydrogen (secondary N) is 1. The molecule has 1 N–H and O–H groups in total. The van der Waals surface area contributed by atoms with Crippen molar-refractivity contribution in [1.82, 2.24) is 5.32 Å². The predicted octanol–water partition coefficient (Wildman–Crippen LogP) is 4.30. The standard InChI is InChI=1S/C14H24F3N/c1-3-4-5-10-13(18-2)11-8-6-7-9-12(11)14(15,16)17/h3,11-13,18H,1,4-10H2,2H3. The third kappa shape index (κ3) is 4.30. The summed E-state index contributed by atoms with van der Waals surface area (Å²) < 4.78 is 39.1. The summed E-state index contributed by atoms with van der Waals surface area (Å²) in [6, 6.07) is -0.0168. The number of hydrogen-bond donors (Lipinski definition) is 1. The van der Waals surface area contributed by atoms with Crippen LogP contribution in [0, 0.1) is 11.8 Å². The molecule has 18 heavy (non-hydrogen) atoms. The minimum atomic E-state index is -4.04. The highest BCUT2D eigenvalue weighted by Gasteiger charge is 2.47. The molecular formula is C14H24F3N. The van der Waals surface area contributed by atoms with Crippen molar-refractivity contribution in [3.8, 4) is 0 Å². The summed E-state index contributed by atoms with van der Waals surface area (Å²) in [6.07, 6.45) is 3.02. The molecule has 0 aromatic carbocycles. The van der Waals surface area contributed by atoms with E-state index in [-0.39, 0.29) is 12.0 Å². The van der Waals surface area contributed by atoms with Gasteiger partial charge < -0.3 is 5.32 Å². The highest BCUT2D eigenvalue weighted by atomic mass is 19.4. The third-order valence-corrected chi connectivity index (χ3v) is 4.05. The molecule has 0 saturated heterocycles. The second kappa shape index (κ2) is 7.17. The first-order valence-electron chi connectivity index (χ1n) is 6.85. The molecule has 3 atom stereocenters. The van der Waals surface area contributed by atoms with Gasteiger partial charge in [-0.3, -0.25) is 0 Å². The van der Waals surface area contributed by atoms with Gasteiger partial charge in [0.15, 0.2) is 0 Å². The molecular weight excluding hydrogens is 239 g/mol. The Bertz CT molecular complexity index is 250. The van der Waals surface area contributed by atoms with Crippen molar-refractivity contribution < 1.29 is 13.2 Å². The Morgan fingerprint density at radius 2 is 2.00 bits per heavy atom. The molecule has 0 aromatic heterocycles. The first kappa shape index (κ1) is 15.5. The average Bonchev–Trinajstić information content (AvgIpc) is 2.34. The van der Waals surface area contributed by atoms with Gasteiger partial charge in [-0.1, -0.05) is 18.9 Å². The lowest BCUT2D eigenvalue weighted by atomic mass is 9.73. The fraction of sp³-hybridized carbons (Fsp3) is 0.857. The van der Waals surface area contributed by atoms with E-state index in [0.717, 1.165) is 25.7 Å².